The molecule has 3 rings (SSSR count). The first-order chi connectivity index (χ1) is 10.3. The summed E-state index contributed by atoms with van der Waals surface area (Å²) in [5.41, 5.74) is 1.04. The van der Waals surface area contributed by atoms with Crippen LogP contribution in [0.1, 0.15) is 16.1 Å². The molecular weight excluding hydrogens is 266 g/mol. The second-order valence-corrected chi connectivity index (χ2v) is 4.92. The van der Waals surface area contributed by atoms with E-state index < -0.39 is 0 Å². The zero-order valence-corrected chi connectivity index (χ0v) is 11.7. The van der Waals surface area contributed by atoms with Gasteiger partial charge in [0, 0.05) is 37.9 Å². The molecule has 0 bridgehead atoms. The van der Waals surface area contributed by atoms with Crippen LogP contribution in [0.3, 0.4) is 0 Å². The van der Waals surface area contributed by atoms with Crippen LogP contribution >= 0.6 is 0 Å². The van der Waals surface area contributed by atoms with Gasteiger partial charge in [-0.3, -0.25) is 4.79 Å². The average Bonchev–Trinajstić information content (AvgIpc) is 2.98. The molecule has 5 heteroatoms. The van der Waals surface area contributed by atoms with Crippen LogP contribution in [-0.2, 0) is 6.54 Å². The highest BCUT2D eigenvalue weighted by Crippen LogP contribution is 2.23. The van der Waals surface area contributed by atoms with E-state index >= 15 is 0 Å². The van der Waals surface area contributed by atoms with Crippen molar-refractivity contribution < 1.29 is 9.21 Å². The maximum absolute atomic E-state index is 12.5. The van der Waals surface area contributed by atoms with Gasteiger partial charge in [0.15, 0.2) is 5.76 Å². The fraction of sp³-hybridized carbons (Fsp3) is 0.250. The monoisotopic (exact) mass is 283 g/mol. The molecule has 0 spiro atoms. The topological polar surface area (TPSA) is 49.6 Å². The summed E-state index contributed by atoms with van der Waals surface area (Å²) in [5, 5.41) is 0. The molecule has 0 aliphatic carbocycles. The number of pyridine rings is 1. The van der Waals surface area contributed by atoms with Crippen molar-refractivity contribution in [2.24, 2.45) is 0 Å². The van der Waals surface area contributed by atoms with Crippen LogP contribution in [-0.4, -0.2) is 35.4 Å². The molecular formula is C16H17N3O2. The predicted molar refractivity (Wildman–Crippen MR) is 80.1 cm³/mol. The highest BCUT2D eigenvalue weighted by atomic mass is 16.3. The van der Waals surface area contributed by atoms with Gasteiger partial charge in [0.2, 0.25) is 0 Å². The second kappa shape index (κ2) is 5.83. The fourth-order valence-corrected chi connectivity index (χ4v) is 2.53. The third-order valence-corrected chi connectivity index (χ3v) is 3.54. The lowest BCUT2D eigenvalue weighted by Crippen LogP contribution is -2.35. The molecule has 1 aliphatic heterocycles. The molecule has 0 saturated heterocycles. The van der Waals surface area contributed by atoms with Gasteiger partial charge in [-0.15, -0.1) is 6.58 Å². The summed E-state index contributed by atoms with van der Waals surface area (Å²) < 4.78 is 5.22. The number of amides is 1. The third kappa shape index (κ3) is 2.67. The van der Waals surface area contributed by atoms with E-state index in [4.69, 9.17) is 4.42 Å². The molecule has 1 amide bonds. The Morgan fingerprint density at radius 2 is 2.29 bits per heavy atom. The highest BCUT2D eigenvalue weighted by Gasteiger charge is 2.25. The van der Waals surface area contributed by atoms with Crippen LogP contribution in [0.5, 0.6) is 0 Å². The normalized spacial score (nSPS) is 14.5. The Labute approximate surface area is 123 Å². The minimum atomic E-state index is -0.0877. The maximum atomic E-state index is 12.5. The average molecular weight is 283 g/mol. The first-order valence-electron chi connectivity index (χ1n) is 6.92. The van der Waals surface area contributed by atoms with Crippen molar-refractivity contribution in [1.82, 2.24) is 9.88 Å². The Morgan fingerprint density at radius 1 is 1.38 bits per heavy atom. The maximum Gasteiger partial charge on any atom is 0.289 e. The van der Waals surface area contributed by atoms with Crippen molar-refractivity contribution in [1.29, 1.82) is 0 Å². The molecule has 2 aromatic rings. The molecule has 0 N–H and O–H groups in total. The quantitative estimate of drug-likeness (QED) is 0.811. The lowest BCUT2D eigenvalue weighted by atomic mass is 10.2. The molecule has 0 radical (unpaired) electrons. The van der Waals surface area contributed by atoms with Crippen molar-refractivity contribution in [3.05, 3.63) is 60.7 Å². The molecule has 5 nitrogen and oxygen atoms in total. The zero-order chi connectivity index (χ0) is 14.7. The Balaban J connectivity index is 1.89. The van der Waals surface area contributed by atoms with Gasteiger partial charge in [0.25, 0.3) is 5.91 Å². The van der Waals surface area contributed by atoms with E-state index in [1.807, 2.05) is 18.2 Å². The molecule has 3 heterocycles. The molecule has 21 heavy (non-hydrogen) atoms. The van der Waals surface area contributed by atoms with Crippen molar-refractivity contribution in [2.75, 3.05) is 24.5 Å². The highest BCUT2D eigenvalue weighted by molar-refractivity contribution is 5.91. The van der Waals surface area contributed by atoms with Crippen LogP contribution in [0.2, 0.25) is 0 Å². The Hall–Kier alpha value is -2.56. The number of hydrogen-bond acceptors (Lipinski definition) is 4. The number of hydrogen-bond donors (Lipinski definition) is 0. The number of carbonyl (C=O) groups excluding carboxylic acids is 1. The van der Waals surface area contributed by atoms with Gasteiger partial charge in [0.05, 0.1) is 6.26 Å². The third-order valence-electron chi connectivity index (χ3n) is 3.54. The largest absolute Gasteiger partial charge is 0.459 e. The van der Waals surface area contributed by atoms with Crippen molar-refractivity contribution in [2.45, 2.75) is 6.54 Å². The summed E-state index contributed by atoms with van der Waals surface area (Å²) in [6, 6.07) is 7.32. The lowest BCUT2D eigenvalue weighted by Gasteiger charge is -2.22. The first-order valence-corrected chi connectivity index (χ1v) is 6.92. The van der Waals surface area contributed by atoms with Gasteiger partial charge >= 0.3 is 0 Å². The molecule has 108 valence electrons. The molecule has 2 aromatic heterocycles. The van der Waals surface area contributed by atoms with E-state index in [0.717, 1.165) is 17.9 Å². The van der Waals surface area contributed by atoms with E-state index in [-0.39, 0.29) is 5.91 Å². The summed E-state index contributed by atoms with van der Waals surface area (Å²) in [7, 11) is 0. The molecule has 0 fully saturated rings. The van der Waals surface area contributed by atoms with Gasteiger partial charge in [-0.05, 0) is 18.2 Å². The number of nitrogens with zero attached hydrogens (tertiary/aromatic N) is 3. The minimum absolute atomic E-state index is 0.0877. The van der Waals surface area contributed by atoms with E-state index in [9.17, 15) is 4.79 Å². The summed E-state index contributed by atoms with van der Waals surface area (Å²) in [4.78, 5) is 20.8. The summed E-state index contributed by atoms with van der Waals surface area (Å²) in [5.74, 6) is 1.21. The van der Waals surface area contributed by atoms with Crippen molar-refractivity contribution in [3.63, 3.8) is 0 Å². The number of furan rings is 1. The Morgan fingerprint density at radius 3 is 3.05 bits per heavy atom. The van der Waals surface area contributed by atoms with Crippen LogP contribution in [0, 0.1) is 0 Å². The van der Waals surface area contributed by atoms with Crippen LogP contribution in [0.15, 0.2) is 53.8 Å². The summed E-state index contributed by atoms with van der Waals surface area (Å²) >= 11 is 0. The van der Waals surface area contributed by atoms with Crippen molar-refractivity contribution in [3.8, 4) is 0 Å². The fourth-order valence-electron chi connectivity index (χ4n) is 2.53. The van der Waals surface area contributed by atoms with Crippen LogP contribution in [0.4, 0.5) is 5.82 Å². The number of fused-ring (bicyclic) bond motifs is 1. The van der Waals surface area contributed by atoms with E-state index in [1.165, 1.54) is 6.26 Å². The molecule has 0 unspecified atom stereocenters. The van der Waals surface area contributed by atoms with Crippen molar-refractivity contribution >= 4 is 11.7 Å². The van der Waals surface area contributed by atoms with E-state index in [0.29, 0.717) is 25.4 Å². The summed E-state index contributed by atoms with van der Waals surface area (Å²) in [6.45, 7) is 6.39. The number of anilines is 1. The zero-order valence-electron chi connectivity index (χ0n) is 11.7. The number of aromatic nitrogens is 1. The van der Waals surface area contributed by atoms with Gasteiger partial charge < -0.3 is 14.2 Å². The first kappa shape index (κ1) is 13.4. The molecule has 1 aliphatic rings. The Bertz CT molecular complexity index is 637. The summed E-state index contributed by atoms with van der Waals surface area (Å²) in [6.07, 6.45) is 5.14. The lowest BCUT2D eigenvalue weighted by molar-refractivity contribution is 0.0719. The second-order valence-electron chi connectivity index (χ2n) is 4.92. The Kier molecular flexibility index (Phi) is 3.73. The number of rotatable bonds is 3. The molecule has 0 saturated carbocycles. The van der Waals surface area contributed by atoms with Gasteiger partial charge in [-0.1, -0.05) is 12.1 Å². The molecule has 0 aromatic carbocycles. The van der Waals surface area contributed by atoms with Crippen LogP contribution < -0.4 is 4.90 Å². The standard InChI is InChI=1S/C16H17N3O2/c1-2-8-18-9-10-19(16(20)14-6-4-11-21-14)12-13-5-3-7-17-15(13)18/h2-7,11H,1,8-10,12H2. The van der Waals surface area contributed by atoms with E-state index in [2.05, 4.69) is 16.5 Å². The van der Waals surface area contributed by atoms with Gasteiger partial charge in [0.1, 0.15) is 5.82 Å². The van der Waals surface area contributed by atoms with E-state index in [1.54, 1.807) is 23.2 Å². The van der Waals surface area contributed by atoms with Gasteiger partial charge in [-0.2, -0.15) is 0 Å². The smallest absolute Gasteiger partial charge is 0.289 e. The van der Waals surface area contributed by atoms with Gasteiger partial charge in [-0.25, -0.2) is 4.98 Å². The molecule has 0 atom stereocenters. The SMILES string of the molecule is C=CCN1CCN(C(=O)c2ccco2)Cc2cccnc21. The predicted octanol–water partition coefficient (Wildman–Crippen LogP) is 2.32. The van der Waals surface area contributed by atoms with Crippen LogP contribution in [0.25, 0.3) is 0 Å². The minimum Gasteiger partial charge on any atom is -0.459 e. The number of carbonyl (C=O) groups is 1.